The molecule has 0 aliphatic carbocycles. The van der Waals surface area contributed by atoms with Crippen LogP contribution in [0.4, 0.5) is 4.32 Å². The number of hydrogen-bond donors (Lipinski definition) is 0. The molecule has 2 aromatic carbocycles. The maximum absolute atomic E-state index is 17.0. The number of benzene rings is 2. The molecular formula is C30H46BF. The van der Waals surface area contributed by atoms with Crippen LogP contribution in [0.2, 0.25) is 0 Å². The lowest BCUT2D eigenvalue weighted by molar-refractivity contribution is 0.792. The second-order valence-corrected chi connectivity index (χ2v) is 11.5. The van der Waals surface area contributed by atoms with Crippen molar-refractivity contribution in [3.8, 4) is 0 Å². The van der Waals surface area contributed by atoms with E-state index in [0.29, 0.717) is 11.8 Å². The van der Waals surface area contributed by atoms with Gasteiger partial charge in [0, 0.05) is 0 Å². The van der Waals surface area contributed by atoms with Gasteiger partial charge in [-0.3, -0.25) is 0 Å². The molecule has 0 bridgehead atoms. The molecule has 2 aromatic rings. The van der Waals surface area contributed by atoms with Gasteiger partial charge in [0.05, 0.1) is 0 Å². The Bertz CT molecular complexity index is 785. The molecular weight excluding hydrogens is 390 g/mol. The maximum atomic E-state index is 17.0. The summed E-state index contributed by atoms with van der Waals surface area (Å²) >= 11 is 0. The molecule has 0 heterocycles. The van der Waals surface area contributed by atoms with Crippen molar-refractivity contribution in [2.75, 3.05) is 0 Å². The van der Waals surface area contributed by atoms with Crippen molar-refractivity contribution < 1.29 is 4.32 Å². The molecule has 0 radical (unpaired) electrons. The second-order valence-electron chi connectivity index (χ2n) is 11.5. The third-order valence-corrected chi connectivity index (χ3v) is 6.86. The third kappa shape index (κ3) is 5.49. The van der Waals surface area contributed by atoms with E-state index in [4.69, 9.17) is 0 Å². The Hall–Kier alpha value is -1.57. The smallest absolute Gasteiger partial charge is 0.322 e. The standard InChI is InChI=1S/C30H46BF/c1-17(2)23-13-25(19(5)6)29(26(14-23)20(7)8)31(32)30-27(21(9)10)15-24(18(3)4)16-28(30)22(11)12/h13-22H,1-12H3. The Morgan fingerprint density at radius 1 is 0.438 bits per heavy atom. The van der Waals surface area contributed by atoms with Gasteiger partial charge >= 0.3 is 6.99 Å². The number of hydrogen-bond acceptors (Lipinski definition) is 0. The van der Waals surface area contributed by atoms with Gasteiger partial charge in [-0.2, -0.15) is 0 Å². The van der Waals surface area contributed by atoms with Gasteiger partial charge in [0.1, 0.15) is 0 Å². The normalized spacial score (nSPS) is 12.3. The van der Waals surface area contributed by atoms with Gasteiger partial charge in [0.25, 0.3) is 0 Å². The Balaban J connectivity index is 2.94. The molecule has 0 aromatic heterocycles. The summed E-state index contributed by atoms with van der Waals surface area (Å²) in [5.41, 5.74) is 9.15. The first-order valence-electron chi connectivity index (χ1n) is 12.8. The Labute approximate surface area is 198 Å². The van der Waals surface area contributed by atoms with E-state index in [-0.39, 0.29) is 23.7 Å². The maximum Gasteiger partial charge on any atom is 0.414 e. The molecule has 0 saturated heterocycles. The van der Waals surface area contributed by atoms with Crippen LogP contribution in [0.25, 0.3) is 0 Å². The first-order chi connectivity index (χ1) is 14.8. The predicted molar refractivity (Wildman–Crippen MR) is 144 cm³/mol. The summed E-state index contributed by atoms with van der Waals surface area (Å²) in [5.74, 6) is 1.97. The van der Waals surface area contributed by atoms with Crippen molar-refractivity contribution in [1.29, 1.82) is 0 Å². The number of halogens is 1. The van der Waals surface area contributed by atoms with E-state index in [0.717, 1.165) is 10.9 Å². The van der Waals surface area contributed by atoms with Crippen molar-refractivity contribution in [1.82, 2.24) is 0 Å². The van der Waals surface area contributed by atoms with Crippen LogP contribution in [0.15, 0.2) is 24.3 Å². The highest BCUT2D eigenvalue weighted by atomic mass is 19.1. The second kappa shape index (κ2) is 10.6. The van der Waals surface area contributed by atoms with E-state index in [2.05, 4.69) is 107 Å². The summed E-state index contributed by atoms with van der Waals surface area (Å²) in [5, 5.41) is 0. The van der Waals surface area contributed by atoms with E-state index in [1.165, 1.54) is 33.4 Å². The highest BCUT2D eigenvalue weighted by Gasteiger charge is 2.34. The van der Waals surface area contributed by atoms with Gasteiger partial charge in [-0.15, -0.1) is 0 Å². The van der Waals surface area contributed by atoms with Crippen LogP contribution in [0.3, 0.4) is 0 Å². The highest BCUT2D eigenvalue weighted by molar-refractivity contribution is 6.81. The Morgan fingerprint density at radius 2 is 0.656 bits per heavy atom. The van der Waals surface area contributed by atoms with E-state index in [1.54, 1.807) is 0 Å². The predicted octanol–water partition coefficient (Wildman–Crippen LogP) is 8.50. The van der Waals surface area contributed by atoms with Crippen molar-refractivity contribution in [3.63, 3.8) is 0 Å². The highest BCUT2D eigenvalue weighted by Crippen LogP contribution is 2.30. The SMILES string of the molecule is CC(C)c1cc(C(C)C)c(B(F)c2c(C(C)C)cc(C(C)C)cc2C(C)C)c(C(C)C)c1. The van der Waals surface area contributed by atoms with E-state index in [1.807, 2.05) is 0 Å². The van der Waals surface area contributed by atoms with Crippen LogP contribution in [-0.4, -0.2) is 6.99 Å². The monoisotopic (exact) mass is 436 g/mol. The van der Waals surface area contributed by atoms with Crippen LogP contribution in [-0.2, 0) is 0 Å². The molecule has 0 amide bonds. The fraction of sp³-hybridized carbons (Fsp3) is 0.600. The fourth-order valence-electron chi connectivity index (χ4n) is 4.75. The lowest BCUT2D eigenvalue weighted by Gasteiger charge is -2.28. The summed E-state index contributed by atoms with van der Waals surface area (Å²) in [6, 6.07) is 9.09. The topological polar surface area (TPSA) is 0 Å². The van der Waals surface area contributed by atoms with Crippen LogP contribution < -0.4 is 10.9 Å². The minimum absolute atomic E-state index is 0.277. The molecule has 0 fully saturated rings. The van der Waals surface area contributed by atoms with Crippen molar-refractivity contribution in [3.05, 3.63) is 57.6 Å². The third-order valence-electron chi connectivity index (χ3n) is 6.86. The largest absolute Gasteiger partial charge is 0.414 e. The van der Waals surface area contributed by atoms with E-state index in [9.17, 15) is 0 Å². The molecule has 2 rings (SSSR count). The molecule has 0 nitrogen and oxygen atoms in total. The average Bonchev–Trinajstić information content (AvgIpc) is 2.70. The van der Waals surface area contributed by atoms with Gasteiger partial charge in [-0.05, 0) is 79.8 Å². The molecule has 0 aliphatic heterocycles. The zero-order valence-electron chi connectivity index (χ0n) is 22.7. The minimum Gasteiger partial charge on any atom is -0.322 e. The lowest BCUT2D eigenvalue weighted by Crippen LogP contribution is -2.47. The number of rotatable bonds is 8. The molecule has 0 N–H and O–H groups in total. The van der Waals surface area contributed by atoms with Gasteiger partial charge in [-0.25, -0.2) is 0 Å². The van der Waals surface area contributed by atoms with E-state index < -0.39 is 6.99 Å². The molecule has 0 atom stereocenters. The lowest BCUT2D eigenvalue weighted by atomic mass is 9.50. The van der Waals surface area contributed by atoms with Crippen LogP contribution >= 0.6 is 0 Å². The molecule has 0 unspecified atom stereocenters. The summed E-state index contributed by atoms with van der Waals surface area (Å²) < 4.78 is 17.0. The van der Waals surface area contributed by atoms with Crippen molar-refractivity contribution >= 4 is 17.9 Å². The van der Waals surface area contributed by atoms with Crippen LogP contribution in [0.1, 0.15) is 152 Å². The quantitative estimate of drug-likeness (QED) is 0.364. The summed E-state index contributed by atoms with van der Waals surface area (Å²) in [4.78, 5) is 0. The molecule has 176 valence electrons. The van der Waals surface area contributed by atoms with Gasteiger partial charge in [-0.1, -0.05) is 107 Å². The summed E-state index contributed by atoms with van der Waals surface area (Å²) in [7, 11) is 0. The van der Waals surface area contributed by atoms with Crippen molar-refractivity contribution in [2.45, 2.75) is 119 Å². The Morgan fingerprint density at radius 3 is 0.812 bits per heavy atom. The van der Waals surface area contributed by atoms with Crippen molar-refractivity contribution in [2.24, 2.45) is 0 Å². The zero-order valence-corrected chi connectivity index (χ0v) is 22.7. The average molecular weight is 437 g/mol. The molecule has 0 saturated carbocycles. The van der Waals surface area contributed by atoms with Gasteiger partial charge in [0.15, 0.2) is 0 Å². The minimum atomic E-state index is -1.11. The summed E-state index contributed by atoms with van der Waals surface area (Å²) in [6.07, 6.45) is 0. The first kappa shape index (κ1) is 26.7. The first-order valence-corrected chi connectivity index (χ1v) is 12.8. The zero-order chi connectivity index (χ0) is 24.5. The van der Waals surface area contributed by atoms with Gasteiger partial charge in [0.2, 0.25) is 0 Å². The molecule has 32 heavy (non-hydrogen) atoms. The van der Waals surface area contributed by atoms with E-state index >= 15 is 4.32 Å². The fourth-order valence-corrected chi connectivity index (χ4v) is 4.75. The van der Waals surface area contributed by atoms with Crippen LogP contribution in [0.5, 0.6) is 0 Å². The molecule has 0 aliphatic rings. The summed E-state index contributed by atoms with van der Waals surface area (Å²) in [6.45, 7) is 25.4. The Kier molecular flexibility index (Phi) is 8.82. The molecule has 2 heteroatoms. The van der Waals surface area contributed by atoms with Crippen LogP contribution in [0, 0.1) is 0 Å². The van der Waals surface area contributed by atoms with Gasteiger partial charge < -0.3 is 4.32 Å². The molecule has 0 spiro atoms.